The Labute approximate surface area is 114 Å². The van der Waals surface area contributed by atoms with Crippen LogP contribution in [-0.2, 0) is 13.1 Å². The zero-order chi connectivity index (χ0) is 13.1. The van der Waals surface area contributed by atoms with Crippen molar-refractivity contribution >= 4 is 11.3 Å². The van der Waals surface area contributed by atoms with Crippen molar-refractivity contribution in [1.29, 1.82) is 0 Å². The summed E-state index contributed by atoms with van der Waals surface area (Å²) in [6.45, 7) is 3.32. The van der Waals surface area contributed by atoms with Crippen molar-refractivity contribution in [3.63, 3.8) is 0 Å². The fourth-order valence-electron chi connectivity index (χ4n) is 1.90. The third kappa shape index (κ3) is 2.74. The molecule has 0 amide bonds. The number of nitrogens with zero attached hydrogens (tertiary/aromatic N) is 2. The highest BCUT2D eigenvalue weighted by molar-refractivity contribution is 7.13. The molecule has 0 saturated heterocycles. The van der Waals surface area contributed by atoms with Gasteiger partial charge < -0.3 is 9.84 Å². The first-order valence-electron chi connectivity index (χ1n) is 6.02. The Hall–Kier alpha value is -1.92. The summed E-state index contributed by atoms with van der Waals surface area (Å²) < 4.78 is 5.15. The van der Waals surface area contributed by atoms with E-state index >= 15 is 0 Å². The van der Waals surface area contributed by atoms with Crippen LogP contribution >= 0.6 is 11.3 Å². The van der Waals surface area contributed by atoms with Gasteiger partial charge in [0.25, 0.3) is 0 Å². The van der Waals surface area contributed by atoms with Gasteiger partial charge in [-0.1, -0.05) is 11.2 Å². The average molecular weight is 274 g/mol. The molecule has 0 atom stereocenters. The first-order chi connectivity index (χ1) is 9.33. The first kappa shape index (κ1) is 12.1. The summed E-state index contributed by atoms with van der Waals surface area (Å²) in [7, 11) is 0. The van der Waals surface area contributed by atoms with Gasteiger partial charge in [-0.15, -0.1) is 11.3 Å². The van der Waals surface area contributed by atoms with Crippen molar-refractivity contribution < 1.29 is 4.52 Å². The Morgan fingerprint density at radius 2 is 2.37 bits per heavy atom. The lowest BCUT2D eigenvalue weighted by Crippen LogP contribution is -2.12. The van der Waals surface area contributed by atoms with E-state index in [0.29, 0.717) is 6.54 Å². The Bertz CT molecular complexity index is 641. The van der Waals surface area contributed by atoms with Gasteiger partial charge in [-0.2, -0.15) is 5.10 Å². The Kier molecular flexibility index (Phi) is 3.43. The van der Waals surface area contributed by atoms with E-state index in [2.05, 4.69) is 32.1 Å². The summed E-state index contributed by atoms with van der Waals surface area (Å²) in [5.74, 6) is 0.846. The van der Waals surface area contributed by atoms with Crippen LogP contribution in [0, 0.1) is 6.92 Å². The molecule has 6 heteroatoms. The maximum Gasteiger partial charge on any atom is 0.150 e. The molecule has 3 heterocycles. The molecule has 0 spiro atoms. The van der Waals surface area contributed by atoms with E-state index in [1.165, 1.54) is 4.88 Å². The molecule has 5 nitrogen and oxygen atoms in total. The summed E-state index contributed by atoms with van der Waals surface area (Å²) in [5.41, 5.74) is 3.13. The highest BCUT2D eigenvalue weighted by Gasteiger charge is 2.08. The molecule has 19 heavy (non-hydrogen) atoms. The van der Waals surface area contributed by atoms with E-state index in [0.717, 1.165) is 29.3 Å². The van der Waals surface area contributed by atoms with Crippen LogP contribution in [0.2, 0.25) is 0 Å². The summed E-state index contributed by atoms with van der Waals surface area (Å²) in [6, 6.07) is 6.05. The number of nitrogens with one attached hydrogen (secondary N) is 2. The van der Waals surface area contributed by atoms with E-state index in [1.807, 2.05) is 25.3 Å². The van der Waals surface area contributed by atoms with Crippen molar-refractivity contribution in [2.75, 3.05) is 0 Å². The molecule has 3 aromatic heterocycles. The molecule has 0 aliphatic rings. The third-order valence-corrected chi connectivity index (χ3v) is 3.66. The highest BCUT2D eigenvalue weighted by Crippen LogP contribution is 2.25. The van der Waals surface area contributed by atoms with Crippen molar-refractivity contribution in [3.8, 4) is 10.6 Å². The zero-order valence-electron chi connectivity index (χ0n) is 10.5. The maximum absolute atomic E-state index is 5.15. The second-order valence-corrected chi connectivity index (χ2v) is 5.23. The van der Waals surface area contributed by atoms with Crippen molar-refractivity contribution in [2.45, 2.75) is 20.0 Å². The predicted molar refractivity (Wildman–Crippen MR) is 73.7 cm³/mol. The number of rotatable bonds is 5. The van der Waals surface area contributed by atoms with Gasteiger partial charge in [-0.3, -0.25) is 5.10 Å². The number of thiophene rings is 1. The molecule has 0 bridgehead atoms. The molecule has 0 saturated carbocycles. The minimum absolute atomic E-state index is 0.663. The van der Waals surface area contributed by atoms with Crippen LogP contribution < -0.4 is 5.32 Å². The average Bonchev–Trinajstić information content (AvgIpc) is 3.09. The smallest absolute Gasteiger partial charge is 0.150 e. The fraction of sp³-hybridized carbons (Fsp3) is 0.231. The maximum atomic E-state index is 5.15. The van der Waals surface area contributed by atoms with E-state index < -0.39 is 0 Å². The van der Waals surface area contributed by atoms with Gasteiger partial charge in [0.05, 0.1) is 29.0 Å². The van der Waals surface area contributed by atoms with Crippen LogP contribution in [0.15, 0.2) is 34.3 Å². The number of hydrogen-bond donors (Lipinski definition) is 2. The van der Waals surface area contributed by atoms with Crippen LogP contribution in [0.4, 0.5) is 0 Å². The molecule has 3 aromatic rings. The standard InChI is InChI=1S/C13H14N4OS/c1-9-5-11(18-17-9)8-14-6-10-7-15-16-13(10)12-3-2-4-19-12/h2-5,7,14H,6,8H2,1H3,(H,15,16). The monoisotopic (exact) mass is 274 g/mol. The minimum atomic E-state index is 0.663. The van der Waals surface area contributed by atoms with Crippen LogP contribution in [0.3, 0.4) is 0 Å². The molecule has 0 aliphatic carbocycles. The zero-order valence-corrected chi connectivity index (χ0v) is 11.3. The highest BCUT2D eigenvalue weighted by atomic mass is 32.1. The van der Waals surface area contributed by atoms with Crippen molar-refractivity contribution in [1.82, 2.24) is 20.7 Å². The molecule has 0 aliphatic heterocycles. The van der Waals surface area contributed by atoms with Crippen LogP contribution in [0.25, 0.3) is 10.6 Å². The summed E-state index contributed by atoms with van der Waals surface area (Å²) >= 11 is 1.70. The topological polar surface area (TPSA) is 66.7 Å². The fourth-order valence-corrected chi connectivity index (χ4v) is 2.65. The molecule has 0 fully saturated rings. The van der Waals surface area contributed by atoms with Crippen LogP contribution in [-0.4, -0.2) is 15.4 Å². The minimum Gasteiger partial charge on any atom is -0.360 e. The Balaban J connectivity index is 1.63. The van der Waals surface area contributed by atoms with E-state index in [1.54, 1.807) is 11.3 Å². The van der Waals surface area contributed by atoms with Gasteiger partial charge in [-0.25, -0.2) is 0 Å². The second-order valence-electron chi connectivity index (χ2n) is 4.29. The van der Waals surface area contributed by atoms with Gasteiger partial charge in [0.1, 0.15) is 0 Å². The third-order valence-electron chi connectivity index (χ3n) is 2.78. The largest absolute Gasteiger partial charge is 0.360 e. The molecular formula is C13H14N4OS. The lowest BCUT2D eigenvalue weighted by Gasteiger charge is -2.02. The Morgan fingerprint density at radius 1 is 1.42 bits per heavy atom. The number of aromatic amines is 1. The lowest BCUT2D eigenvalue weighted by atomic mass is 10.2. The molecule has 98 valence electrons. The number of aryl methyl sites for hydroxylation is 1. The lowest BCUT2D eigenvalue weighted by molar-refractivity contribution is 0.369. The molecule has 0 aromatic carbocycles. The number of aromatic nitrogens is 3. The predicted octanol–water partition coefficient (Wildman–Crippen LogP) is 2.72. The molecule has 0 radical (unpaired) electrons. The molecule has 0 unspecified atom stereocenters. The summed E-state index contributed by atoms with van der Waals surface area (Å²) in [6.07, 6.45) is 1.85. The van der Waals surface area contributed by atoms with Gasteiger partial charge in [0.15, 0.2) is 5.76 Å². The quantitative estimate of drug-likeness (QED) is 0.750. The van der Waals surface area contributed by atoms with Crippen LogP contribution in [0.5, 0.6) is 0 Å². The van der Waals surface area contributed by atoms with Crippen molar-refractivity contribution in [3.05, 3.63) is 46.8 Å². The molecule has 3 rings (SSSR count). The number of H-pyrrole nitrogens is 1. The summed E-state index contributed by atoms with van der Waals surface area (Å²) in [4.78, 5) is 1.20. The van der Waals surface area contributed by atoms with E-state index in [9.17, 15) is 0 Å². The van der Waals surface area contributed by atoms with Gasteiger partial charge in [-0.05, 0) is 18.4 Å². The van der Waals surface area contributed by atoms with Gasteiger partial charge >= 0.3 is 0 Å². The first-order valence-corrected chi connectivity index (χ1v) is 6.90. The van der Waals surface area contributed by atoms with E-state index in [-0.39, 0.29) is 0 Å². The van der Waals surface area contributed by atoms with Gasteiger partial charge in [0.2, 0.25) is 0 Å². The molecular weight excluding hydrogens is 260 g/mol. The number of hydrogen-bond acceptors (Lipinski definition) is 5. The van der Waals surface area contributed by atoms with Crippen molar-refractivity contribution in [2.24, 2.45) is 0 Å². The normalized spacial score (nSPS) is 11.0. The summed E-state index contributed by atoms with van der Waals surface area (Å²) in [5, 5.41) is 16.4. The SMILES string of the molecule is Cc1cc(CNCc2cn[nH]c2-c2cccs2)on1. The molecule has 2 N–H and O–H groups in total. The second kappa shape index (κ2) is 5.38. The van der Waals surface area contributed by atoms with E-state index in [4.69, 9.17) is 4.52 Å². The van der Waals surface area contributed by atoms with Crippen LogP contribution in [0.1, 0.15) is 17.0 Å². The Morgan fingerprint density at radius 3 is 3.11 bits per heavy atom. The van der Waals surface area contributed by atoms with Gasteiger partial charge in [0, 0.05) is 18.2 Å².